The molecule has 2 rings (SSSR count). The molecule has 0 radical (unpaired) electrons. The van der Waals surface area contributed by atoms with Crippen molar-refractivity contribution in [3.05, 3.63) is 0 Å². The Labute approximate surface area is 158 Å². The first kappa shape index (κ1) is 21.7. The Balaban J connectivity index is 1.67. The van der Waals surface area contributed by atoms with E-state index in [0.717, 1.165) is 18.8 Å². The fraction of sp³-hybridized carbons (Fsp3) is 0.882. The van der Waals surface area contributed by atoms with E-state index < -0.39 is 12.7 Å². The average Bonchev–Trinajstić information content (AvgIpc) is 3.14. The first-order valence-corrected chi connectivity index (χ1v) is 9.41. The summed E-state index contributed by atoms with van der Waals surface area (Å²) >= 11 is 0. The molecular formula is C17H30F3N5O2. The standard InChI is InChI=1S/C17H30F3N5O2/c1-21-16(22-6-4-7-23(2)13-17(18,19)20)25-10-8-24(9-11-25)15(26)14-5-3-12-27-14/h14H,3-13H2,1-2H3,(H,21,22). The maximum Gasteiger partial charge on any atom is 0.401 e. The van der Waals surface area contributed by atoms with Gasteiger partial charge in [0.2, 0.25) is 0 Å². The van der Waals surface area contributed by atoms with Crippen LogP contribution in [0, 0.1) is 0 Å². The maximum atomic E-state index is 12.4. The number of amides is 1. The van der Waals surface area contributed by atoms with E-state index in [4.69, 9.17) is 4.74 Å². The molecule has 27 heavy (non-hydrogen) atoms. The van der Waals surface area contributed by atoms with Gasteiger partial charge in [-0.2, -0.15) is 13.2 Å². The summed E-state index contributed by atoms with van der Waals surface area (Å²) in [5.74, 6) is 0.792. The number of hydrogen-bond donors (Lipinski definition) is 1. The SMILES string of the molecule is CN=C(NCCCN(C)CC(F)(F)F)N1CCN(C(=O)C2CCCO2)CC1. The zero-order chi connectivity index (χ0) is 19.9. The van der Waals surface area contributed by atoms with Gasteiger partial charge in [-0.3, -0.25) is 14.7 Å². The van der Waals surface area contributed by atoms with Crippen LogP contribution >= 0.6 is 0 Å². The molecule has 1 amide bonds. The molecule has 0 spiro atoms. The molecule has 0 aromatic rings. The summed E-state index contributed by atoms with van der Waals surface area (Å²) in [6, 6.07) is 0. The number of rotatable bonds is 6. The van der Waals surface area contributed by atoms with Crippen molar-refractivity contribution in [3.8, 4) is 0 Å². The van der Waals surface area contributed by atoms with Crippen molar-refractivity contribution in [1.29, 1.82) is 0 Å². The van der Waals surface area contributed by atoms with E-state index >= 15 is 0 Å². The minimum Gasteiger partial charge on any atom is -0.368 e. The number of piperazine rings is 1. The Bertz CT molecular complexity index is 501. The minimum absolute atomic E-state index is 0.0720. The first-order valence-electron chi connectivity index (χ1n) is 9.41. The molecular weight excluding hydrogens is 363 g/mol. The summed E-state index contributed by atoms with van der Waals surface area (Å²) in [5, 5.41) is 3.20. The number of ether oxygens (including phenoxy) is 1. The van der Waals surface area contributed by atoms with Gasteiger partial charge in [0.05, 0.1) is 6.54 Å². The van der Waals surface area contributed by atoms with Crippen molar-refractivity contribution >= 4 is 11.9 Å². The number of halogens is 3. The van der Waals surface area contributed by atoms with Crippen LogP contribution in [0.25, 0.3) is 0 Å². The second-order valence-electron chi connectivity index (χ2n) is 6.99. The number of hydrogen-bond acceptors (Lipinski definition) is 4. The summed E-state index contributed by atoms with van der Waals surface area (Å²) in [6.45, 7) is 3.24. The maximum absolute atomic E-state index is 12.4. The van der Waals surface area contributed by atoms with Gasteiger partial charge >= 0.3 is 6.18 Å². The predicted octanol–water partition coefficient (Wildman–Crippen LogP) is 0.769. The minimum atomic E-state index is -4.17. The molecule has 1 unspecified atom stereocenters. The van der Waals surface area contributed by atoms with E-state index in [2.05, 4.69) is 15.2 Å². The number of aliphatic imine (C=N–C) groups is 1. The van der Waals surface area contributed by atoms with Gasteiger partial charge in [-0.15, -0.1) is 0 Å². The smallest absolute Gasteiger partial charge is 0.368 e. The summed E-state index contributed by atoms with van der Waals surface area (Å²) in [7, 11) is 3.15. The third kappa shape index (κ3) is 7.17. The highest BCUT2D eigenvalue weighted by Crippen LogP contribution is 2.16. The number of guanidine groups is 1. The van der Waals surface area contributed by atoms with Crippen LogP contribution in [-0.4, -0.2) is 105 Å². The van der Waals surface area contributed by atoms with E-state index in [1.54, 1.807) is 7.05 Å². The van der Waals surface area contributed by atoms with Crippen molar-refractivity contribution in [1.82, 2.24) is 20.0 Å². The van der Waals surface area contributed by atoms with Crippen LogP contribution in [0.3, 0.4) is 0 Å². The lowest BCUT2D eigenvalue weighted by Gasteiger charge is -2.37. The Hall–Kier alpha value is -1.55. The van der Waals surface area contributed by atoms with Gasteiger partial charge in [0.15, 0.2) is 5.96 Å². The number of alkyl halides is 3. The lowest BCUT2D eigenvalue weighted by molar-refractivity contribution is -0.143. The molecule has 0 aromatic carbocycles. The summed E-state index contributed by atoms with van der Waals surface area (Å²) in [6.07, 6.45) is -2.14. The van der Waals surface area contributed by atoms with Crippen LogP contribution < -0.4 is 5.32 Å². The summed E-state index contributed by atoms with van der Waals surface area (Å²) in [5.41, 5.74) is 0. The van der Waals surface area contributed by atoms with Crippen LogP contribution in [0.4, 0.5) is 13.2 Å². The average molecular weight is 393 g/mol. The zero-order valence-electron chi connectivity index (χ0n) is 16.1. The number of carbonyl (C=O) groups is 1. The summed E-state index contributed by atoms with van der Waals surface area (Å²) < 4.78 is 42.4. The largest absolute Gasteiger partial charge is 0.401 e. The van der Waals surface area contributed by atoms with Gasteiger partial charge in [0.25, 0.3) is 5.91 Å². The van der Waals surface area contributed by atoms with E-state index in [1.807, 2.05) is 4.90 Å². The quantitative estimate of drug-likeness (QED) is 0.410. The Morgan fingerprint density at radius 2 is 1.93 bits per heavy atom. The van der Waals surface area contributed by atoms with Crippen molar-refractivity contribution in [3.63, 3.8) is 0 Å². The normalized spacial score (nSPS) is 21.9. The van der Waals surface area contributed by atoms with Crippen molar-refractivity contribution < 1.29 is 22.7 Å². The third-order valence-electron chi connectivity index (χ3n) is 4.76. The van der Waals surface area contributed by atoms with Crippen LogP contribution in [-0.2, 0) is 9.53 Å². The van der Waals surface area contributed by atoms with Gasteiger partial charge in [0, 0.05) is 46.4 Å². The van der Waals surface area contributed by atoms with Crippen molar-refractivity contribution in [2.24, 2.45) is 4.99 Å². The molecule has 0 aliphatic carbocycles. The van der Waals surface area contributed by atoms with E-state index in [9.17, 15) is 18.0 Å². The number of nitrogens with one attached hydrogen (secondary N) is 1. The first-order chi connectivity index (χ1) is 12.8. The van der Waals surface area contributed by atoms with Crippen LogP contribution in [0.2, 0.25) is 0 Å². The van der Waals surface area contributed by atoms with Gasteiger partial charge in [0.1, 0.15) is 6.10 Å². The molecule has 0 saturated carbocycles. The molecule has 1 N–H and O–H groups in total. The topological polar surface area (TPSA) is 60.4 Å². The van der Waals surface area contributed by atoms with Crippen molar-refractivity contribution in [2.75, 3.05) is 66.5 Å². The lowest BCUT2D eigenvalue weighted by atomic mass is 10.2. The molecule has 2 fully saturated rings. The molecule has 0 bridgehead atoms. The monoisotopic (exact) mass is 393 g/mol. The van der Waals surface area contributed by atoms with E-state index in [0.29, 0.717) is 52.3 Å². The van der Waals surface area contributed by atoms with Crippen molar-refractivity contribution in [2.45, 2.75) is 31.5 Å². The number of carbonyl (C=O) groups excluding carboxylic acids is 1. The zero-order valence-corrected chi connectivity index (χ0v) is 16.1. The van der Waals surface area contributed by atoms with Gasteiger partial charge in [-0.25, -0.2) is 0 Å². The Kier molecular flexibility index (Phi) is 8.15. The third-order valence-corrected chi connectivity index (χ3v) is 4.76. The van der Waals surface area contributed by atoms with Gasteiger partial charge < -0.3 is 19.9 Å². The molecule has 1 atom stereocenters. The molecule has 7 nitrogen and oxygen atoms in total. The fourth-order valence-electron chi connectivity index (χ4n) is 3.38. The highest BCUT2D eigenvalue weighted by molar-refractivity contribution is 5.82. The molecule has 0 aromatic heterocycles. The summed E-state index contributed by atoms with van der Waals surface area (Å²) in [4.78, 5) is 21.8. The molecule has 2 saturated heterocycles. The van der Waals surface area contributed by atoms with E-state index in [1.165, 1.54) is 11.9 Å². The van der Waals surface area contributed by atoms with Crippen LogP contribution in [0.1, 0.15) is 19.3 Å². The molecule has 156 valence electrons. The highest BCUT2D eigenvalue weighted by Gasteiger charge is 2.31. The van der Waals surface area contributed by atoms with Gasteiger partial charge in [-0.05, 0) is 32.9 Å². The second-order valence-corrected chi connectivity index (χ2v) is 6.99. The fourth-order valence-corrected chi connectivity index (χ4v) is 3.38. The van der Waals surface area contributed by atoms with Crippen LogP contribution in [0.15, 0.2) is 4.99 Å². The number of nitrogens with zero attached hydrogens (tertiary/aromatic N) is 4. The molecule has 10 heteroatoms. The predicted molar refractivity (Wildman–Crippen MR) is 96.7 cm³/mol. The Morgan fingerprint density at radius 1 is 1.26 bits per heavy atom. The van der Waals surface area contributed by atoms with Crippen LogP contribution in [0.5, 0.6) is 0 Å². The second kappa shape index (κ2) is 10.1. The molecule has 2 aliphatic heterocycles. The van der Waals surface area contributed by atoms with E-state index in [-0.39, 0.29) is 12.0 Å². The Morgan fingerprint density at radius 3 is 2.48 bits per heavy atom. The van der Waals surface area contributed by atoms with Gasteiger partial charge in [-0.1, -0.05) is 0 Å². The lowest BCUT2D eigenvalue weighted by Crippen LogP contribution is -2.55. The highest BCUT2D eigenvalue weighted by atomic mass is 19.4. The molecule has 2 heterocycles. The molecule has 2 aliphatic rings.